The van der Waals surface area contributed by atoms with E-state index in [2.05, 4.69) is 5.32 Å². The van der Waals surface area contributed by atoms with Crippen LogP contribution in [0.4, 0.5) is 4.39 Å². The number of rotatable bonds is 5. The number of sulfonamides is 1. The third-order valence-corrected chi connectivity index (χ3v) is 7.51. The van der Waals surface area contributed by atoms with Crippen LogP contribution in [0.5, 0.6) is 11.5 Å². The van der Waals surface area contributed by atoms with Crippen LogP contribution in [0.3, 0.4) is 0 Å². The number of piperidine rings is 1. The van der Waals surface area contributed by atoms with E-state index < -0.39 is 21.8 Å². The third-order valence-electron chi connectivity index (χ3n) is 5.63. The van der Waals surface area contributed by atoms with Gasteiger partial charge in [-0.15, -0.1) is 0 Å². The van der Waals surface area contributed by atoms with Gasteiger partial charge >= 0.3 is 0 Å². The molecular weight excluding hydrogens is 423 g/mol. The second kappa shape index (κ2) is 8.84. The summed E-state index contributed by atoms with van der Waals surface area (Å²) in [6, 6.07) is 10.0. The first-order valence-corrected chi connectivity index (χ1v) is 11.7. The number of ether oxygens (including phenoxy) is 2. The van der Waals surface area contributed by atoms with Gasteiger partial charge in [-0.05, 0) is 61.7 Å². The van der Waals surface area contributed by atoms with E-state index in [1.54, 1.807) is 0 Å². The Morgan fingerprint density at radius 2 is 1.84 bits per heavy atom. The number of hydrogen-bond donors (Lipinski definition) is 1. The maximum absolute atomic E-state index is 13.2. The van der Waals surface area contributed by atoms with Crippen LogP contribution in [0, 0.1) is 11.7 Å². The molecule has 0 unspecified atom stereocenters. The highest BCUT2D eigenvalue weighted by Crippen LogP contribution is 2.33. The van der Waals surface area contributed by atoms with E-state index in [4.69, 9.17) is 9.47 Å². The number of amides is 1. The molecule has 0 bridgehead atoms. The van der Waals surface area contributed by atoms with Crippen LogP contribution in [0.2, 0.25) is 0 Å². The molecule has 2 aliphatic heterocycles. The largest absolute Gasteiger partial charge is 0.486 e. The molecule has 2 heterocycles. The van der Waals surface area contributed by atoms with E-state index in [1.807, 2.05) is 25.1 Å². The molecule has 1 saturated heterocycles. The molecule has 4 rings (SSSR count). The summed E-state index contributed by atoms with van der Waals surface area (Å²) in [7, 11) is -3.78. The Kier molecular flexibility index (Phi) is 6.15. The molecule has 2 aromatic carbocycles. The van der Waals surface area contributed by atoms with Crippen molar-refractivity contribution in [2.45, 2.75) is 30.7 Å². The molecule has 2 aliphatic rings. The van der Waals surface area contributed by atoms with E-state index in [0.29, 0.717) is 44.1 Å². The van der Waals surface area contributed by atoms with Crippen molar-refractivity contribution in [3.8, 4) is 11.5 Å². The first-order valence-electron chi connectivity index (χ1n) is 10.3. The predicted octanol–water partition coefficient (Wildman–Crippen LogP) is 2.88. The first-order chi connectivity index (χ1) is 14.8. The minimum absolute atomic E-state index is 0.0274. The Labute approximate surface area is 181 Å². The van der Waals surface area contributed by atoms with Crippen LogP contribution in [0.1, 0.15) is 31.4 Å². The summed E-state index contributed by atoms with van der Waals surface area (Å²) in [4.78, 5) is 12.9. The van der Waals surface area contributed by atoms with Crippen molar-refractivity contribution in [1.82, 2.24) is 9.62 Å². The number of carbonyl (C=O) groups excluding carboxylic acids is 1. The maximum atomic E-state index is 13.2. The Balaban J connectivity index is 1.42. The SMILES string of the molecule is C[C@@H](NC(=O)[C@@H]1CCCN(S(=O)(=O)c2ccc(F)cc2)C1)c1ccc2c(c1)OCCO2. The van der Waals surface area contributed by atoms with E-state index in [1.165, 1.54) is 16.4 Å². The highest BCUT2D eigenvalue weighted by atomic mass is 32.2. The van der Waals surface area contributed by atoms with Gasteiger partial charge in [0.2, 0.25) is 15.9 Å². The molecule has 0 aliphatic carbocycles. The molecule has 2 aromatic rings. The van der Waals surface area contributed by atoms with Crippen LogP contribution >= 0.6 is 0 Å². The number of hydrogen-bond acceptors (Lipinski definition) is 5. The molecule has 2 atom stereocenters. The second-order valence-electron chi connectivity index (χ2n) is 7.79. The van der Waals surface area contributed by atoms with Crippen LogP contribution in [-0.4, -0.2) is 44.9 Å². The quantitative estimate of drug-likeness (QED) is 0.760. The number of halogens is 1. The van der Waals surface area contributed by atoms with Crippen molar-refractivity contribution in [2.24, 2.45) is 5.92 Å². The molecule has 1 fully saturated rings. The van der Waals surface area contributed by atoms with Crippen molar-refractivity contribution in [2.75, 3.05) is 26.3 Å². The summed E-state index contributed by atoms with van der Waals surface area (Å²) in [6.07, 6.45) is 1.19. The smallest absolute Gasteiger partial charge is 0.243 e. The highest BCUT2D eigenvalue weighted by Gasteiger charge is 2.33. The van der Waals surface area contributed by atoms with Gasteiger partial charge < -0.3 is 14.8 Å². The predicted molar refractivity (Wildman–Crippen MR) is 112 cm³/mol. The molecular formula is C22H25FN2O5S. The summed E-state index contributed by atoms with van der Waals surface area (Å²) >= 11 is 0. The topological polar surface area (TPSA) is 84.9 Å². The molecule has 0 spiro atoms. The molecule has 9 heteroatoms. The molecule has 166 valence electrons. The van der Waals surface area contributed by atoms with Crippen LogP contribution in [0.25, 0.3) is 0 Å². The van der Waals surface area contributed by atoms with E-state index in [0.717, 1.165) is 17.7 Å². The first kappa shape index (κ1) is 21.6. The lowest BCUT2D eigenvalue weighted by molar-refractivity contribution is -0.126. The highest BCUT2D eigenvalue weighted by molar-refractivity contribution is 7.89. The van der Waals surface area contributed by atoms with Gasteiger partial charge in [0.15, 0.2) is 11.5 Å². The van der Waals surface area contributed by atoms with E-state index in [9.17, 15) is 17.6 Å². The van der Waals surface area contributed by atoms with Crippen molar-refractivity contribution in [3.05, 3.63) is 53.8 Å². The second-order valence-corrected chi connectivity index (χ2v) is 9.73. The summed E-state index contributed by atoms with van der Waals surface area (Å²) in [5.41, 5.74) is 0.879. The summed E-state index contributed by atoms with van der Waals surface area (Å²) in [5.74, 6) is 0.189. The summed E-state index contributed by atoms with van der Waals surface area (Å²) in [5, 5.41) is 2.99. The lowest BCUT2D eigenvalue weighted by atomic mass is 9.97. The zero-order valence-electron chi connectivity index (χ0n) is 17.2. The number of nitrogens with zero attached hydrogens (tertiary/aromatic N) is 1. The monoisotopic (exact) mass is 448 g/mol. The Bertz CT molecular complexity index is 1060. The average molecular weight is 449 g/mol. The zero-order valence-corrected chi connectivity index (χ0v) is 18.0. The molecule has 31 heavy (non-hydrogen) atoms. The minimum Gasteiger partial charge on any atom is -0.486 e. The molecule has 0 aromatic heterocycles. The maximum Gasteiger partial charge on any atom is 0.243 e. The Morgan fingerprint density at radius 1 is 1.13 bits per heavy atom. The van der Waals surface area contributed by atoms with Crippen LogP contribution in [-0.2, 0) is 14.8 Å². The lowest BCUT2D eigenvalue weighted by Crippen LogP contribution is -2.45. The van der Waals surface area contributed by atoms with Crippen LogP contribution < -0.4 is 14.8 Å². The molecule has 1 N–H and O–H groups in total. The summed E-state index contributed by atoms with van der Waals surface area (Å²) in [6.45, 7) is 3.30. The van der Waals surface area contributed by atoms with Gasteiger partial charge in [0.25, 0.3) is 0 Å². The van der Waals surface area contributed by atoms with Crippen molar-refractivity contribution >= 4 is 15.9 Å². The fourth-order valence-corrected chi connectivity index (χ4v) is 5.40. The van der Waals surface area contributed by atoms with Gasteiger partial charge in [-0.1, -0.05) is 6.07 Å². The van der Waals surface area contributed by atoms with Gasteiger partial charge in [0.05, 0.1) is 16.9 Å². The summed E-state index contributed by atoms with van der Waals surface area (Å²) < 4.78 is 51.4. The fraction of sp³-hybridized carbons (Fsp3) is 0.409. The number of nitrogens with one attached hydrogen (secondary N) is 1. The van der Waals surface area contributed by atoms with Gasteiger partial charge in [-0.3, -0.25) is 4.79 Å². The Hall–Kier alpha value is -2.65. The number of benzene rings is 2. The lowest BCUT2D eigenvalue weighted by Gasteiger charge is -2.32. The normalized spacial score (nSPS) is 20.1. The zero-order chi connectivity index (χ0) is 22.0. The standard InChI is InChI=1S/C22H25FN2O5S/c1-15(16-4-9-20-21(13-16)30-12-11-29-20)24-22(26)17-3-2-10-25(14-17)31(27,28)19-7-5-18(23)6-8-19/h4-9,13,15,17H,2-3,10-12,14H2,1H3,(H,24,26)/t15-,17-/m1/s1. The third kappa shape index (κ3) is 4.67. The molecule has 7 nitrogen and oxygen atoms in total. The molecule has 0 radical (unpaired) electrons. The van der Waals surface area contributed by atoms with Crippen LogP contribution in [0.15, 0.2) is 47.4 Å². The average Bonchev–Trinajstić information content (AvgIpc) is 2.79. The van der Waals surface area contributed by atoms with Gasteiger partial charge in [-0.2, -0.15) is 4.31 Å². The van der Waals surface area contributed by atoms with E-state index in [-0.39, 0.29) is 23.4 Å². The van der Waals surface area contributed by atoms with Gasteiger partial charge in [0, 0.05) is 13.1 Å². The van der Waals surface area contributed by atoms with Crippen molar-refractivity contribution in [1.29, 1.82) is 0 Å². The Morgan fingerprint density at radius 3 is 2.58 bits per heavy atom. The van der Waals surface area contributed by atoms with E-state index >= 15 is 0 Å². The minimum atomic E-state index is -3.78. The molecule has 1 amide bonds. The number of fused-ring (bicyclic) bond motifs is 1. The number of carbonyl (C=O) groups is 1. The van der Waals surface area contributed by atoms with Crippen molar-refractivity contribution < 1.29 is 27.1 Å². The fourth-order valence-electron chi connectivity index (χ4n) is 3.87. The van der Waals surface area contributed by atoms with Crippen molar-refractivity contribution in [3.63, 3.8) is 0 Å². The molecule has 0 saturated carbocycles. The van der Waals surface area contributed by atoms with Gasteiger partial charge in [0.1, 0.15) is 19.0 Å². The van der Waals surface area contributed by atoms with Gasteiger partial charge in [-0.25, -0.2) is 12.8 Å².